The van der Waals surface area contributed by atoms with E-state index in [2.05, 4.69) is 21.9 Å². The number of nitrogens with zero attached hydrogens (tertiary/aromatic N) is 1. The summed E-state index contributed by atoms with van der Waals surface area (Å²) in [6.07, 6.45) is 3.91. The fourth-order valence-corrected chi connectivity index (χ4v) is 3.07. The second-order valence-electron chi connectivity index (χ2n) is 6.10. The van der Waals surface area contributed by atoms with Gasteiger partial charge < -0.3 is 15.0 Å². The summed E-state index contributed by atoms with van der Waals surface area (Å²) >= 11 is 0. The van der Waals surface area contributed by atoms with E-state index in [1.165, 1.54) is 32.4 Å². The molecule has 1 heterocycles. The highest BCUT2D eigenvalue weighted by atomic mass is 19.3. The molecule has 0 radical (unpaired) electrons. The van der Waals surface area contributed by atoms with Gasteiger partial charge in [-0.05, 0) is 57.5 Å². The molecule has 1 aromatic carbocycles. The first-order valence-electron chi connectivity index (χ1n) is 8.08. The lowest BCUT2D eigenvalue weighted by molar-refractivity contribution is -0.0499. The Balaban J connectivity index is 1.86. The first-order valence-corrected chi connectivity index (χ1v) is 8.08. The van der Waals surface area contributed by atoms with Crippen LogP contribution < -0.4 is 10.1 Å². The second-order valence-corrected chi connectivity index (χ2v) is 6.10. The number of benzene rings is 1. The van der Waals surface area contributed by atoms with Crippen molar-refractivity contribution in [1.29, 1.82) is 0 Å². The van der Waals surface area contributed by atoms with Gasteiger partial charge in [0.05, 0.1) is 0 Å². The van der Waals surface area contributed by atoms with Gasteiger partial charge in [0, 0.05) is 18.6 Å². The molecule has 5 heteroatoms. The van der Waals surface area contributed by atoms with Crippen LogP contribution in [0.4, 0.5) is 8.78 Å². The molecule has 3 nitrogen and oxygen atoms in total. The first-order chi connectivity index (χ1) is 10.5. The van der Waals surface area contributed by atoms with Crippen molar-refractivity contribution < 1.29 is 13.5 Å². The third-order valence-electron chi connectivity index (χ3n) is 4.10. The van der Waals surface area contributed by atoms with Crippen LogP contribution in [0.2, 0.25) is 0 Å². The average Bonchev–Trinajstić information content (AvgIpc) is 2.47. The minimum absolute atomic E-state index is 0.0982. The molecule has 0 aliphatic carbocycles. The number of rotatable bonds is 7. The molecule has 22 heavy (non-hydrogen) atoms. The maximum absolute atomic E-state index is 12.3. The van der Waals surface area contributed by atoms with Crippen LogP contribution >= 0.6 is 0 Å². The van der Waals surface area contributed by atoms with E-state index >= 15 is 0 Å². The average molecular weight is 312 g/mol. The van der Waals surface area contributed by atoms with Crippen molar-refractivity contribution in [3.8, 4) is 5.75 Å². The molecule has 0 aromatic heterocycles. The highest BCUT2D eigenvalue weighted by molar-refractivity contribution is 5.30. The number of ether oxygens (including phenoxy) is 1. The number of likely N-dealkylation sites (tertiary alicyclic amines) is 1. The number of hydrogen-bond donors (Lipinski definition) is 1. The zero-order valence-electron chi connectivity index (χ0n) is 13.4. The van der Waals surface area contributed by atoms with Crippen molar-refractivity contribution in [3.05, 3.63) is 29.8 Å². The standard InChI is InChI=1S/C17H26F2N2O/c1-13(12-21-9-4-3-5-10-21)20-14(2)15-7-6-8-16(11-15)22-17(18)19/h6-8,11,13-14,17,20H,3-5,9-10,12H2,1-2H3. The summed E-state index contributed by atoms with van der Waals surface area (Å²) in [6, 6.07) is 7.37. The summed E-state index contributed by atoms with van der Waals surface area (Å²) in [6.45, 7) is 4.82. The Morgan fingerprint density at radius 2 is 1.91 bits per heavy atom. The Bertz CT molecular complexity index is 450. The fraction of sp³-hybridized carbons (Fsp3) is 0.647. The molecule has 1 aliphatic heterocycles. The molecular weight excluding hydrogens is 286 g/mol. The Labute approximate surface area is 131 Å². The molecule has 1 N–H and O–H groups in total. The van der Waals surface area contributed by atoms with Crippen LogP contribution in [-0.4, -0.2) is 37.2 Å². The van der Waals surface area contributed by atoms with Crippen LogP contribution in [0.1, 0.15) is 44.7 Å². The normalized spacial score (nSPS) is 19.1. The van der Waals surface area contributed by atoms with Gasteiger partial charge in [0.1, 0.15) is 5.75 Å². The largest absolute Gasteiger partial charge is 0.435 e. The van der Waals surface area contributed by atoms with Gasteiger partial charge in [-0.25, -0.2) is 0 Å². The predicted molar refractivity (Wildman–Crippen MR) is 84.4 cm³/mol. The number of piperidine rings is 1. The lowest BCUT2D eigenvalue weighted by Gasteiger charge is -2.30. The molecule has 1 saturated heterocycles. The molecule has 124 valence electrons. The van der Waals surface area contributed by atoms with E-state index in [9.17, 15) is 8.78 Å². The third-order valence-corrected chi connectivity index (χ3v) is 4.10. The molecule has 0 saturated carbocycles. The lowest BCUT2D eigenvalue weighted by atomic mass is 10.1. The molecule has 1 aliphatic rings. The van der Waals surface area contributed by atoms with Gasteiger partial charge in [-0.15, -0.1) is 0 Å². The van der Waals surface area contributed by atoms with Gasteiger partial charge in [-0.1, -0.05) is 18.6 Å². The smallest absolute Gasteiger partial charge is 0.387 e. The topological polar surface area (TPSA) is 24.5 Å². The van der Waals surface area contributed by atoms with Gasteiger partial charge in [0.15, 0.2) is 0 Å². The summed E-state index contributed by atoms with van der Waals surface area (Å²) in [5, 5.41) is 3.54. The molecule has 2 unspecified atom stereocenters. The fourth-order valence-electron chi connectivity index (χ4n) is 3.07. The van der Waals surface area contributed by atoms with Crippen molar-refractivity contribution in [2.75, 3.05) is 19.6 Å². The zero-order chi connectivity index (χ0) is 15.9. The minimum atomic E-state index is -2.78. The first kappa shape index (κ1) is 17.2. The van der Waals surface area contributed by atoms with E-state index in [1.54, 1.807) is 18.2 Å². The Morgan fingerprint density at radius 1 is 1.18 bits per heavy atom. The van der Waals surface area contributed by atoms with Crippen LogP contribution in [0.5, 0.6) is 5.75 Å². The van der Waals surface area contributed by atoms with Crippen LogP contribution in [-0.2, 0) is 0 Å². The van der Waals surface area contributed by atoms with E-state index in [4.69, 9.17) is 0 Å². The maximum atomic E-state index is 12.3. The van der Waals surface area contributed by atoms with E-state index in [-0.39, 0.29) is 11.8 Å². The van der Waals surface area contributed by atoms with Crippen LogP contribution in [0.15, 0.2) is 24.3 Å². The summed E-state index contributed by atoms with van der Waals surface area (Å²) in [5.41, 5.74) is 0.962. The van der Waals surface area contributed by atoms with Crippen molar-refractivity contribution in [2.45, 2.75) is 51.8 Å². The molecule has 0 bridgehead atoms. The van der Waals surface area contributed by atoms with E-state index in [0.717, 1.165) is 12.1 Å². The van der Waals surface area contributed by atoms with Crippen LogP contribution in [0, 0.1) is 0 Å². The number of hydrogen-bond acceptors (Lipinski definition) is 3. The van der Waals surface area contributed by atoms with Gasteiger partial charge in [0.2, 0.25) is 0 Å². The van der Waals surface area contributed by atoms with E-state index in [0.29, 0.717) is 6.04 Å². The van der Waals surface area contributed by atoms with Gasteiger partial charge >= 0.3 is 6.61 Å². The van der Waals surface area contributed by atoms with Crippen molar-refractivity contribution in [3.63, 3.8) is 0 Å². The van der Waals surface area contributed by atoms with Crippen LogP contribution in [0.3, 0.4) is 0 Å². The number of alkyl halides is 2. The highest BCUT2D eigenvalue weighted by Gasteiger charge is 2.16. The van der Waals surface area contributed by atoms with Gasteiger partial charge in [-0.3, -0.25) is 0 Å². The quantitative estimate of drug-likeness (QED) is 0.828. The van der Waals surface area contributed by atoms with E-state index in [1.807, 2.05) is 13.0 Å². The van der Waals surface area contributed by atoms with Gasteiger partial charge in [0.25, 0.3) is 0 Å². The molecular formula is C17H26F2N2O. The van der Waals surface area contributed by atoms with Crippen LogP contribution in [0.25, 0.3) is 0 Å². The van der Waals surface area contributed by atoms with E-state index < -0.39 is 6.61 Å². The summed E-state index contributed by atoms with van der Waals surface area (Å²) in [4.78, 5) is 2.49. The Kier molecular flexibility index (Phi) is 6.58. The minimum Gasteiger partial charge on any atom is -0.435 e. The summed E-state index contributed by atoms with van der Waals surface area (Å²) in [5.74, 6) is 0.213. The van der Waals surface area contributed by atoms with Crippen molar-refractivity contribution in [1.82, 2.24) is 10.2 Å². The zero-order valence-corrected chi connectivity index (χ0v) is 13.4. The third kappa shape index (κ3) is 5.54. The molecule has 1 aromatic rings. The summed E-state index contributed by atoms with van der Waals surface area (Å²) < 4.78 is 29.0. The Morgan fingerprint density at radius 3 is 2.59 bits per heavy atom. The predicted octanol–water partition coefficient (Wildman–Crippen LogP) is 3.81. The second kappa shape index (κ2) is 8.44. The summed E-state index contributed by atoms with van der Waals surface area (Å²) in [7, 11) is 0. The molecule has 0 spiro atoms. The molecule has 1 fully saturated rings. The molecule has 2 atom stereocenters. The lowest BCUT2D eigenvalue weighted by Crippen LogP contribution is -2.42. The van der Waals surface area contributed by atoms with Gasteiger partial charge in [-0.2, -0.15) is 8.78 Å². The SMILES string of the molecule is CC(CN1CCCCC1)NC(C)c1cccc(OC(F)F)c1. The van der Waals surface area contributed by atoms with Crippen molar-refractivity contribution >= 4 is 0 Å². The Hall–Kier alpha value is -1.20. The number of nitrogens with one attached hydrogen (secondary N) is 1. The monoisotopic (exact) mass is 312 g/mol. The van der Waals surface area contributed by atoms with Crippen molar-refractivity contribution in [2.24, 2.45) is 0 Å². The molecule has 2 rings (SSSR count). The maximum Gasteiger partial charge on any atom is 0.387 e. The molecule has 0 amide bonds. The number of halogens is 2. The highest BCUT2D eigenvalue weighted by Crippen LogP contribution is 2.21.